The average Bonchev–Trinajstić information content (AvgIpc) is 2.39. The fourth-order valence-corrected chi connectivity index (χ4v) is 4.66. The first-order valence-corrected chi connectivity index (χ1v) is 9.29. The van der Waals surface area contributed by atoms with Crippen LogP contribution in [0.5, 0.6) is 0 Å². The normalized spacial score (nSPS) is 11.8. The van der Waals surface area contributed by atoms with Crippen molar-refractivity contribution >= 4 is 47.8 Å². The van der Waals surface area contributed by atoms with E-state index < -0.39 is 10.0 Å². The van der Waals surface area contributed by atoms with Crippen molar-refractivity contribution in [2.75, 3.05) is 27.2 Å². The Morgan fingerprint density at radius 2 is 1.76 bits per heavy atom. The van der Waals surface area contributed by atoms with Gasteiger partial charge in [-0.2, -0.15) is 4.31 Å². The minimum atomic E-state index is -3.74. The van der Waals surface area contributed by atoms with E-state index in [1.807, 2.05) is 6.92 Å². The van der Waals surface area contributed by atoms with Gasteiger partial charge in [-0.3, -0.25) is 4.79 Å². The summed E-state index contributed by atoms with van der Waals surface area (Å²) in [6.45, 7) is 3.62. The van der Waals surface area contributed by atoms with Crippen LogP contribution in [0.25, 0.3) is 0 Å². The van der Waals surface area contributed by atoms with Crippen molar-refractivity contribution in [2.24, 2.45) is 0 Å². The topological polar surface area (TPSA) is 57.7 Å². The van der Waals surface area contributed by atoms with Gasteiger partial charge in [-0.1, -0.05) is 22.9 Å². The predicted molar refractivity (Wildman–Crippen MR) is 89.7 cm³/mol. The molecule has 1 aromatic rings. The number of amides is 1. The largest absolute Gasteiger partial charge is 0.348 e. The van der Waals surface area contributed by atoms with Crippen molar-refractivity contribution in [3.63, 3.8) is 0 Å². The number of hydrogen-bond acceptors (Lipinski definition) is 3. The Labute approximate surface area is 142 Å². The number of carbonyl (C=O) groups excluding carboxylic acids is 1. The van der Waals surface area contributed by atoms with Crippen molar-refractivity contribution < 1.29 is 13.2 Å². The lowest BCUT2D eigenvalue weighted by Gasteiger charge is -2.22. The highest BCUT2D eigenvalue weighted by Gasteiger charge is 2.28. The van der Waals surface area contributed by atoms with Crippen LogP contribution >= 0.6 is 31.9 Å². The summed E-state index contributed by atoms with van der Waals surface area (Å²) in [6.07, 6.45) is 0. The summed E-state index contributed by atoms with van der Waals surface area (Å²) in [5.41, 5.74) is 0.924. The molecule has 0 heterocycles. The summed E-state index contributed by atoms with van der Waals surface area (Å²) in [4.78, 5) is 13.3. The summed E-state index contributed by atoms with van der Waals surface area (Å²) in [5.74, 6) is -0.261. The Morgan fingerprint density at radius 1 is 1.19 bits per heavy atom. The summed E-state index contributed by atoms with van der Waals surface area (Å²) in [7, 11) is -0.544. The quantitative estimate of drug-likeness (QED) is 0.705. The van der Waals surface area contributed by atoms with E-state index in [1.54, 1.807) is 33.2 Å². The highest BCUT2D eigenvalue weighted by molar-refractivity contribution is 9.11. The van der Waals surface area contributed by atoms with Crippen LogP contribution in [0.3, 0.4) is 0 Å². The second kappa shape index (κ2) is 7.21. The van der Waals surface area contributed by atoms with E-state index in [0.29, 0.717) is 8.95 Å². The third-order valence-corrected chi connectivity index (χ3v) is 6.73. The highest BCUT2D eigenvalue weighted by Crippen LogP contribution is 2.30. The number of likely N-dealkylation sites (N-methyl/N-ethyl adjacent to an activating group) is 2. The van der Waals surface area contributed by atoms with E-state index in [9.17, 15) is 13.2 Å². The number of nitrogens with zero attached hydrogens (tertiary/aromatic N) is 2. The second-order valence-electron chi connectivity index (χ2n) is 4.75. The Bertz CT molecular complexity index is 645. The van der Waals surface area contributed by atoms with E-state index in [4.69, 9.17) is 0 Å². The standard InChI is InChI=1S/C13H18Br2N2O3S/c1-5-17(8-13(18)16(3)4)21(19,20)12-7-10(14)9(2)6-11(12)15/h6-7H,5,8H2,1-4H3. The molecule has 0 N–H and O–H groups in total. The lowest BCUT2D eigenvalue weighted by molar-refractivity contribution is -0.128. The van der Waals surface area contributed by atoms with Crippen LogP contribution in [0.1, 0.15) is 12.5 Å². The van der Waals surface area contributed by atoms with Crippen molar-refractivity contribution in [2.45, 2.75) is 18.7 Å². The lowest BCUT2D eigenvalue weighted by atomic mass is 10.2. The van der Waals surface area contributed by atoms with Gasteiger partial charge in [0.15, 0.2) is 0 Å². The van der Waals surface area contributed by atoms with Gasteiger partial charge in [0.05, 0.1) is 11.4 Å². The van der Waals surface area contributed by atoms with E-state index >= 15 is 0 Å². The number of carbonyl (C=O) groups is 1. The summed E-state index contributed by atoms with van der Waals surface area (Å²) >= 11 is 6.63. The minimum absolute atomic E-state index is 0.147. The van der Waals surface area contributed by atoms with Crippen LogP contribution < -0.4 is 0 Å². The maximum absolute atomic E-state index is 12.7. The fourth-order valence-electron chi connectivity index (χ4n) is 1.62. The van der Waals surface area contributed by atoms with Crippen LogP contribution in [-0.4, -0.2) is 50.7 Å². The molecular formula is C13H18Br2N2O3S. The molecule has 0 aromatic heterocycles. The van der Waals surface area contributed by atoms with Crippen LogP contribution in [0.4, 0.5) is 0 Å². The summed E-state index contributed by atoms with van der Waals surface area (Å²) in [5, 5.41) is 0. The zero-order valence-corrected chi connectivity index (χ0v) is 16.3. The molecule has 0 atom stereocenters. The SMILES string of the molecule is CCN(CC(=O)N(C)C)S(=O)(=O)c1cc(Br)c(C)cc1Br. The molecule has 0 radical (unpaired) electrons. The van der Waals surface area contributed by atoms with Gasteiger partial charge in [0, 0.05) is 29.6 Å². The van der Waals surface area contributed by atoms with Crippen LogP contribution in [0, 0.1) is 6.92 Å². The van der Waals surface area contributed by atoms with Gasteiger partial charge in [-0.25, -0.2) is 8.42 Å². The van der Waals surface area contributed by atoms with Gasteiger partial charge >= 0.3 is 0 Å². The maximum atomic E-state index is 12.7. The van der Waals surface area contributed by atoms with Gasteiger partial charge in [-0.05, 0) is 40.5 Å². The number of benzene rings is 1. The lowest BCUT2D eigenvalue weighted by Crippen LogP contribution is -2.40. The molecule has 5 nitrogen and oxygen atoms in total. The van der Waals surface area contributed by atoms with Crippen LogP contribution in [-0.2, 0) is 14.8 Å². The third-order valence-electron chi connectivity index (χ3n) is 2.99. The van der Waals surface area contributed by atoms with Crippen molar-refractivity contribution in [1.29, 1.82) is 0 Å². The first-order chi connectivity index (χ1) is 9.61. The molecule has 1 amide bonds. The summed E-state index contributed by atoms with van der Waals surface area (Å²) < 4.78 is 27.8. The molecule has 0 aliphatic rings. The molecule has 8 heteroatoms. The maximum Gasteiger partial charge on any atom is 0.244 e. The Morgan fingerprint density at radius 3 is 2.24 bits per heavy atom. The third kappa shape index (κ3) is 4.28. The number of aryl methyl sites for hydroxylation is 1. The zero-order valence-electron chi connectivity index (χ0n) is 12.4. The van der Waals surface area contributed by atoms with Crippen molar-refractivity contribution in [3.05, 3.63) is 26.6 Å². The van der Waals surface area contributed by atoms with E-state index in [2.05, 4.69) is 31.9 Å². The molecule has 1 aromatic carbocycles. The average molecular weight is 442 g/mol. The molecule has 0 saturated carbocycles. The molecule has 118 valence electrons. The first-order valence-electron chi connectivity index (χ1n) is 6.27. The van der Waals surface area contributed by atoms with Crippen molar-refractivity contribution in [1.82, 2.24) is 9.21 Å². The number of hydrogen-bond donors (Lipinski definition) is 0. The Hall–Kier alpha value is -0.440. The van der Waals surface area contributed by atoms with Gasteiger partial charge in [0.1, 0.15) is 0 Å². The monoisotopic (exact) mass is 440 g/mol. The predicted octanol–water partition coefficient (Wildman–Crippen LogP) is 2.62. The molecule has 1 rings (SSSR count). The van der Waals surface area contributed by atoms with Crippen LogP contribution in [0.15, 0.2) is 26.0 Å². The number of halogens is 2. The van der Waals surface area contributed by atoms with Gasteiger partial charge in [0.25, 0.3) is 0 Å². The van der Waals surface area contributed by atoms with E-state index in [1.165, 1.54) is 4.90 Å². The number of sulfonamides is 1. The first kappa shape index (κ1) is 18.6. The number of rotatable bonds is 5. The Balaban J connectivity index is 3.25. The minimum Gasteiger partial charge on any atom is -0.348 e. The molecule has 21 heavy (non-hydrogen) atoms. The molecule has 0 aliphatic heterocycles. The molecule has 0 bridgehead atoms. The van der Waals surface area contributed by atoms with Gasteiger partial charge < -0.3 is 4.90 Å². The smallest absolute Gasteiger partial charge is 0.244 e. The van der Waals surface area contributed by atoms with Gasteiger partial charge in [-0.15, -0.1) is 0 Å². The van der Waals surface area contributed by atoms with Crippen LogP contribution in [0.2, 0.25) is 0 Å². The zero-order chi connectivity index (χ0) is 16.4. The summed E-state index contributed by atoms with van der Waals surface area (Å²) in [6, 6.07) is 3.29. The van der Waals surface area contributed by atoms with E-state index in [0.717, 1.165) is 9.87 Å². The molecule has 0 aliphatic carbocycles. The molecular weight excluding hydrogens is 424 g/mol. The molecule has 0 spiro atoms. The molecule has 0 fully saturated rings. The Kier molecular flexibility index (Phi) is 6.39. The highest BCUT2D eigenvalue weighted by atomic mass is 79.9. The second-order valence-corrected chi connectivity index (χ2v) is 8.37. The molecule has 0 saturated heterocycles. The van der Waals surface area contributed by atoms with E-state index in [-0.39, 0.29) is 23.9 Å². The van der Waals surface area contributed by atoms with Gasteiger partial charge in [0.2, 0.25) is 15.9 Å². The van der Waals surface area contributed by atoms with Crippen molar-refractivity contribution in [3.8, 4) is 0 Å². The molecule has 0 unspecified atom stereocenters. The fraction of sp³-hybridized carbons (Fsp3) is 0.462.